The van der Waals surface area contributed by atoms with Gasteiger partial charge in [-0.1, -0.05) is 18.1 Å². The Hall–Kier alpha value is -2.25. The molecule has 2 fully saturated rings. The number of nitrogens with zero attached hydrogens (tertiary/aromatic N) is 6. The van der Waals surface area contributed by atoms with Crippen LogP contribution in [0.1, 0.15) is 51.4 Å². The first kappa shape index (κ1) is 17.2. The second-order valence-corrected chi connectivity index (χ2v) is 7.55. The lowest BCUT2D eigenvalue weighted by Gasteiger charge is -2.34. The van der Waals surface area contributed by atoms with Crippen LogP contribution in [0, 0.1) is 5.92 Å². The first-order valence-electron chi connectivity index (χ1n) is 9.77. The molecule has 8 heteroatoms. The van der Waals surface area contributed by atoms with Crippen LogP contribution in [-0.2, 0) is 11.8 Å². The van der Waals surface area contributed by atoms with E-state index in [-0.39, 0.29) is 6.04 Å². The minimum absolute atomic E-state index is 0.248. The molecule has 2 aromatic rings. The Kier molecular flexibility index (Phi) is 4.99. The maximum Gasteiger partial charge on any atom is 0.222 e. The van der Waals surface area contributed by atoms with Gasteiger partial charge in [0.25, 0.3) is 0 Å². The van der Waals surface area contributed by atoms with Gasteiger partial charge in [-0.15, -0.1) is 5.10 Å². The maximum atomic E-state index is 12.7. The Morgan fingerprint density at radius 2 is 1.96 bits per heavy atom. The normalized spacial score (nSPS) is 24.0. The van der Waals surface area contributed by atoms with Gasteiger partial charge in [0, 0.05) is 32.6 Å². The average molecular weight is 357 g/mol. The smallest absolute Gasteiger partial charge is 0.222 e. The fourth-order valence-electron chi connectivity index (χ4n) is 4.27. The zero-order valence-electron chi connectivity index (χ0n) is 15.4. The second-order valence-electron chi connectivity index (χ2n) is 7.55. The highest BCUT2D eigenvalue weighted by atomic mass is 16.2. The number of hydrogen-bond donors (Lipinski definition) is 1. The number of carbonyl (C=O) groups excluding carboxylic acids is 1. The number of aryl methyl sites for hydroxylation is 1. The van der Waals surface area contributed by atoms with E-state index in [1.807, 2.05) is 7.05 Å². The van der Waals surface area contributed by atoms with E-state index in [4.69, 9.17) is 0 Å². The molecule has 0 bridgehead atoms. The van der Waals surface area contributed by atoms with Crippen LogP contribution >= 0.6 is 0 Å². The number of likely N-dealkylation sites (tertiary alicyclic amines) is 1. The predicted octanol–water partition coefficient (Wildman–Crippen LogP) is 2.13. The van der Waals surface area contributed by atoms with Gasteiger partial charge in [0.1, 0.15) is 6.33 Å². The average Bonchev–Trinajstić information content (AvgIpc) is 3.06. The van der Waals surface area contributed by atoms with Crippen LogP contribution in [0.3, 0.4) is 0 Å². The number of aromatic nitrogens is 5. The molecular weight excluding hydrogens is 330 g/mol. The number of fused-ring (bicyclic) bond motifs is 1. The molecule has 26 heavy (non-hydrogen) atoms. The molecule has 0 unspecified atom stereocenters. The van der Waals surface area contributed by atoms with Crippen molar-refractivity contribution in [3.63, 3.8) is 0 Å². The number of rotatable bonds is 4. The molecule has 140 valence electrons. The molecule has 4 rings (SSSR count). The van der Waals surface area contributed by atoms with Crippen LogP contribution in [0.5, 0.6) is 0 Å². The van der Waals surface area contributed by atoms with Crippen molar-refractivity contribution in [2.45, 2.75) is 57.4 Å². The SMILES string of the molecule is Cn1nnc2c(N[C@H]3CCCC[C@H]3CC(=O)N3CCCCC3)ncnc21. The van der Waals surface area contributed by atoms with E-state index >= 15 is 0 Å². The first-order valence-corrected chi connectivity index (χ1v) is 9.77. The van der Waals surface area contributed by atoms with Crippen LogP contribution in [-0.4, -0.2) is 54.9 Å². The highest BCUT2D eigenvalue weighted by Crippen LogP contribution is 2.31. The van der Waals surface area contributed by atoms with Crippen LogP contribution in [0.2, 0.25) is 0 Å². The highest BCUT2D eigenvalue weighted by molar-refractivity contribution is 5.82. The van der Waals surface area contributed by atoms with Gasteiger partial charge >= 0.3 is 0 Å². The van der Waals surface area contributed by atoms with Gasteiger partial charge in [0.05, 0.1) is 0 Å². The van der Waals surface area contributed by atoms with Gasteiger partial charge < -0.3 is 10.2 Å². The third-order valence-electron chi connectivity index (χ3n) is 5.77. The van der Waals surface area contributed by atoms with Crippen molar-refractivity contribution in [2.24, 2.45) is 13.0 Å². The molecular formula is C18H27N7O. The van der Waals surface area contributed by atoms with Crippen molar-refractivity contribution >= 4 is 22.9 Å². The van der Waals surface area contributed by atoms with Crippen molar-refractivity contribution in [1.29, 1.82) is 0 Å². The molecule has 2 aliphatic rings. The molecule has 1 saturated carbocycles. The number of nitrogens with one attached hydrogen (secondary N) is 1. The summed E-state index contributed by atoms with van der Waals surface area (Å²) in [5.74, 6) is 1.39. The topological polar surface area (TPSA) is 88.8 Å². The largest absolute Gasteiger partial charge is 0.365 e. The Bertz CT molecular complexity index is 768. The molecule has 1 N–H and O–H groups in total. The quantitative estimate of drug-likeness (QED) is 0.902. The summed E-state index contributed by atoms with van der Waals surface area (Å²) in [5.41, 5.74) is 1.42. The summed E-state index contributed by atoms with van der Waals surface area (Å²) < 4.78 is 1.65. The van der Waals surface area contributed by atoms with Crippen LogP contribution in [0.25, 0.3) is 11.2 Å². The van der Waals surface area contributed by atoms with Gasteiger partial charge in [-0.25, -0.2) is 14.6 Å². The fourth-order valence-corrected chi connectivity index (χ4v) is 4.27. The Labute approximate surface area is 153 Å². The van der Waals surface area contributed by atoms with Crippen molar-refractivity contribution < 1.29 is 4.79 Å². The summed E-state index contributed by atoms with van der Waals surface area (Å²) in [6.07, 6.45) is 10.2. The Balaban J connectivity index is 1.47. The van der Waals surface area contributed by atoms with E-state index in [1.165, 1.54) is 19.3 Å². The van der Waals surface area contributed by atoms with E-state index in [9.17, 15) is 4.79 Å². The first-order chi connectivity index (χ1) is 12.7. The second kappa shape index (κ2) is 7.55. The zero-order chi connectivity index (χ0) is 17.9. The van der Waals surface area contributed by atoms with E-state index in [0.29, 0.717) is 23.8 Å². The third-order valence-corrected chi connectivity index (χ3v) is 5.77. The molecule has 0 aromatic carbocycles. The van der Waals surface area contributed by atoms with Gasteiger partial charge in [-0.05, 0) is 38.0 Å². The minimum atomic E-state index is 0.248. The molecule has 2 aromatic heterocycles. The van der Waals surface area contributed by atoms with Crippen molar-refractivity contribution in [1.82, 2.24) is 29.9 Å². The molecule has 1 saturated heterocycles. The predicted molar refractivity (Wildman–Crippen MR) is 98.5 cm³/mol. The Morgan fingerprint density at radius 3 is 2.81 bits per heavy atom. The van der Waals surface area contributed by atoms with E-state index in [1.54, 1.807) is 11.0 Å². The van der Waals surface area contributed by atoms with E-state index in [2.05, 4.69) is 30.5 Å². The van der Waals surface area contributed by atoms with Gasteiger partial charge in [0.2, 0.25) is 5.91 Å². The molecule has 2 atom stereocenters. The lowest BCUT2D eigenvalue weighted by Crippen LogP contribution is -2.40. The third kappa shape index (κ3) is 3.50. The molecule has 1 amide bonds. The molecule has 0 spiro atoms. The number of carbonyl (C=O) groups is 1. The summed E-state index contributed by atoms with van der Waals surface area (Å²) in [7, 11) is 1.83. The van der Waals surface area contributed by atoms with Gasteiger partial charge in [-0.3, -0.25) is 4.79 Å². The summed E-state index contributed by atoms with van der Waals surface area (Å²) in [6, 6.07) is 0.248. The van der Waals surface area contributed by atoms with E-state index < -0.39 is 0 Å². The molecule has 1 aliphatic heterocycles. The highest BCUT2D eigenvalue weighted by Gasteiger charge is 2.30. The van der Waals surface area contributed by atoms with Gasteiger partial charge in [0.15, 0.2) is 17.0 Å². The monoisotopic (exact) mass is 357 g/mol. The zero-order valence-corrected chi connectivity index (χ0v) is 15.4. The molecule has 1 aliphatic carbocycles. The van der Waals surface area contributed by atoms with Crippen molar-refractivity contribution in [3.05, 3.63) is 6.33 Å². The van der Waals surface area contributed by atoms with Crippen molar-refractivity contribution in [2.75, 3.05) is 18.4 Å². The Morgan fingerprint density at radius 1 is 1.15 bits per heavy atom. The lowest BCUT2D eigenvalue weighted by atomic mass is 9.82. The molecule has 8 nitrogen and oxygen atoms in total. The van der Waals surface area contributed by atoms with Gasteiger partial charge in [-0.2, -0.15) is 0 Å². The lowest BCUT2D eigenvalue weighted by molar-refractivity contribution is -0.133. The summed E-state index contributed by atoms with van der Waals surface area (Å²) in [5, 5.41) is 11.8. The number of anilines is 1. The standard InChI is InChI=1S/C18H27N7O/c1-24-18-16(22-23-24)17(19-12-20-18)21-14-8-4-3-7-13(14)11-15(26)25-9-5-2-6-10-25/h12-14H,2-11H2,1H3,(H,19,20,21)/t13-,14-/m0/s1. The number of hydrogen-bond acceptors (Lipinski definition) is 6. The number of piperidine rings is 1. The fraction of sp³-hybridized carbons (Fsp3) is 0.722. The minimum Gasteiger partial charge on any atom is -0.365 e. The van der Waals surface area contributed by atoms with Crippen LogP contribution < -0.4 is 5.32 Å². The summed E-state index contributed by atoms with van der Waals surface area (Å²) >= 11 is 0. The van der Waals surface area contributed by atoms with E-state index in [0.717, 1.165) is 50.2 Å². The molecule has 3 heterocycles. The summed E-state index contributed by atoms with van der Waals surface area (Å²) in [4.78, 5) is 23.4. The van der Waals surface area contributed by atoms with Crippen LogP contribution in [0.15, 0.2) is 6.33 Å². The van der Waals surface area contributed by atoms with Crippen LogP contribution in [0.4, 0.5) is 5.82 Å². The number of amides is 1. The molecule has 0 radical (unpaired) electrons. The summed E-state index contributed by atoms with van der Waals surface area (Å²) in [6.45, 7) is 1.85. The van der Waals surface area contributed by atoms with Crippen molar-refractivity contribution in [3.8, 4) is 0 Å². The maximum absolute atomic E-state index is 12.7.